The van der Waals surface area contributed by atoms with Crippen molar-refractivity contribution in [3.8, 4) is 0 Å². The Kier molecular flexibility index (Phi) is 2.60. The molecule has 1 saturated heterocycles. The smallest absolute Gasteiger partial charge is 0.234 e. The zero-order valence-corrected chi connectivity index (χ0v) is 9.19. The van der Waals surface area contributed by atoms with Crippen molar-refractivity contribution in [2.75, 3.05) is 4.90 Å². The maximum atomic E-state index is 11.5. The Balaban J connectivity index is 2.41. The summed E-state index contributed by atoms with van der Waals surface area (Å²) in [6, 6.07) is 5.50. The van der Waals surface area contributed by atoms with Gasteiger partial charge in [0.25, 0.3) is 0 Å². The van der Waals surface area contributed by atoms with Crippen molar-refractivity contribution in [1.29, 1.82) is 0 Å². The van der Waals surface area contributed by atoms with Gasteiger partial charge in [0.2, 0.25) is 11.8 Å². The second-order valence-electron chi connectivity index (χ2n) is 3.87. The molecule has 0 spiro atoms. The molecule has 0 bridgehead atoms. The number of carbonyl (C=O) groups is 2. The second-order valence-corrected chi connectivity index (χ2v) is 3.87. The van der Waals surface area contributed by atoms with Crippen LogP contribution in [0.15, 0.2) is 24.8 Å². The third-order valence-electron chi connectivity index (χ3n) is 2.78. The van der Waals surface area contributed by atoms with Crippen LogP contribution in [0.25, 0.3) is 6.08 Å². The number of rotatable bonds is 2. The Labute approximate surface area is 94.4 Å². The van der Waals surface area contributed by atoms with E-state index in [0.717, 1.165) is 11.1 Å². The predicted molar refractivity (Wildman–Crippen MR) is 63.0 cm³/mol. The van der Waals surface area contributed by atoms with Gasteiger partial charge in [-0.25, -0.2) is 0 Å². The zero-order valence-electron chi connectivity index (χ0n) is 9.19. The van der Waals surface area contributed by atoms with Gasteiger partial charge in [0.15, 0.2) is 0 Å². The third kappa shape index (κ3) is 1.65. The van der Waals surface area contributed by atoms with E-state index in [-0.39, 0.29) is 11.8 Å². The van der Waals surface area contributed by atoms with Crippen LogP contribution < -0.4 is 4.90 Å². The summed E-state index contributed by atoms with van der Waals surface area (Å²) < 4.78 is 0. The number of hydrogen-bond donors (Lipinski definition) is 0. The molecule has 0 atom stereocenters. The van der Waals surface area contributed by atoms with Crippen LogP contribution in [-0.4, -0.2) is 11.8 Å². The molecule has 0 N–H and O–H groups in total. The van der Waals surface area contributed by atoms with Crippen molar-refractivity contribution in [2.24, 2.45) is 0 Å². The molecule has 82 valence electrons. The normalized spacial score (nSPS) is 15.7. The largest absolute Gasteiger partial charge is 0.274 e. The molecule has 1 aromatic carbocycles. The van der Waals surface area contributed by atoms with Gasteiger partial charge in [-0.2, -0.15) is 0 Å². The number of nitrogens with zero attached hydrogens (tertiary/aromatic N) is 1. The lowest BCUT2D eigenvalue weighted by Crippen LogP contribution is -2.28. The van der Waals surface area contributed by atoms with Crippen LogP contribution in [0.3, 0.4) is 0 Å². The van der Waals surface area contributed by atoms with Crippen molar-refractivity contribution >= 4 is 23.6 Å². The van der Waals surface area contributed by atoms with Gasteiger partial charge in [-0.05, 0) is 30.2 Å². The summed E-state index contributed by atoms with van der Waals surface area (Å²) in [6.07, 6.45) is 2.40. The van der Waals surface area contributed by atoms with Crippen LogP contribution in [0.5, 0.6) is 0 Å². The third-order valence-corrected chi connectivity index (χ3v) is 2.78. The lowest BCUT2D eigenvalue weighted by Gasteiger charge is -2.15. The molecular formula is C13H13NO2. The van der Waals surface area contributed by atoms with Gasteiger partial charge in [-0.15, -0.1) is 0 Å². The minimum atomic E-state index is -0.115. The molecular weight excluding hydrogens is 202 g/mol. The summed E-state index contributed by atoms with van der Waals surface area (Å²) in [6.45, 7) is 5.64. The second kappa shape index (κ2) is 3.93. The molecule has 2 amide bonds. The fourth-order valence-corrected chi connectivity index (χ4v) is 1.89. The first-order valence-corrected chi connectivity index (χ1v) is 5.22. The highest BCUT2D eigenvalue weighted by molar-refractivity contribution is 6.19. The molecule has 0 radical (unpaired) electrons. The highest BCUT2D eigenvalue weighted by atomic mass is 16.2. The predicted octanol–water partition coefficient (Wildman–Crippen LogP) is 2.29. The summed E-state index contributed by atoms with van der Waals surface area (Å²) in [5.41, 5.74) is 2.69. The average molecular weight is 215 g/mol. The van der Waals surface area contributed by atoms with Gasteiger partial charge >= 0.3 is 0 Å². The molecule has 3 heteroatoms. The van der Waals surface area contributed by atoms with Crippen molar-refractivity contribution in [3.05, 3.63) is 35.9 Å². The number of benzene rings is 1. The van der Waals surface area contributed by atoms with Crippen molar-refractivity contribution in [3.63, 3.8) is 0 Å². The monoisotopic (exact) mass is 215 g/mol. The van der Waals surface area contributed by atoms with Crippen LogP contribution >= 0.6 is 0 Å². The van der Waals surface area contributed by atoms with Crippen LogP contribution in [0.2, 0.25) is 0 Å². The molecule has 1 aromatic rings. The SMILES string of the molecule is C=Cc1ccc(N2C(=O)CCC2=O)cc1C. The van der Waals surface area contributed by atoms with Crippen LogP contribution in [0.4, 0.5) is 5.69 Å². The fraction of sp³-hybridized carbons (Fsp3) is 0.231. The highest BCUT2D eigenvalue weighted by Crippen LogP contribution is 2.25. The average Bonchev–Trinajstić information content (AvgIpc) is 2.58. The van der Waals surface area contributed by atoms with E-state index in [0.29, 0.717) is 18.5 Å². The van der Waals surface area contributed by atoms with E-state index in [1.807, 2.05) is 19.1 Å². The number of carbonyl (C=O) groups excluding carboxylic acids is 2. The first-order chi connectivity index (χ1) is 7.63. The Bertz CT molecular complexity index is 461. The van der Waals surface area contributed by atoms with E-state index in [4.69, 9.17) is 0 Å². The van der Waals surface area contributed by atoms with Gasteiger partial charge in [0.1, 0.15) is 0 Å². The molecule has 1 aliphatic heterocycles. The Morgan fingerprint density at radius 1 is 1.25 bits per heavy atom. The minimum absolute atomic E-state index is 0.115. The van der Waals surface area contributed by atoms with E-state index in [2.05, 4.69) is 6.58 Å². The molecule has 3 nitrogen and oxygen atoms in total. The van der Waals surface area contributed by atoms with E-state index >= 15 is 0 Å². The lowest BCUT2D eigenvalue weighted by molar-refractivity contribution is -0.121. The number of aryl methyl sites for hydroxylation is 1. The molecule has 1 fully saturated rings. The van der Waals surface area contributed by atoms with Crippen molar-refractivity contribution in [2.45, 2.75) is 19.8 Å². The molecule has 0 saturated carbocycles. The molecule has 1 aliphatic rings. The molecule has 2 rings (SSSR count). The summed E-state index contributed by atoms with van der Waals surface area (Å²) in [5.74, 6) is -0.230. The van der Waals surface area contributed by atoms with Crippen LogP contribution in [0, 0.1) is 6.92 Å². The summed E-state index contributed by atoms with van der Waals surface area (Å²) in [4.78, 5) is 24.3. The molecule has 0 aliphatic carbocycles. The summed E-state index contributed by atoms with van der Waals surface area (Å²) in [5, 5.41) is 0. The summed E-state index contributed by atoms with van der Waals surface area (Å²) in [7, 11) is 0. The van der Waals surface area contributed by atoms with Gasteiger partial charge in [0, 0.05) is 12.8 Å². The van der Waals surface area contributed by atoms with Crippen LogP contribution in [-0.2, 0) is 9.59 Å². The van der Waals surface area contributed by atoms with E-state index < -0.39 is 0 Å². The van der Waals surface area contributed by atoms with Gasteiger partial charge in [-0.1, -0.05) is 18.7 Å². The molecule has 16 heavy (non-hydrogen) atoms. The van der Waals surface area contributed by atoms with E-state index in [9.17, 15) is 9.59 Å². The lowest BCUT2D eigenvalue weighted by atomic mass is 10.1. The quantitative estimate of drug-likeness (QED) is 0.710. The minimum Gasteiger partial charge on any atom is -0.274 e. The van der Waals surface area contributed by atoms with E-state index in [1.165, 1.54) is 4.90 Å². The summed E-state index contributed by atoms with van der Waals surface area (Å²) >= 11 is 0. The topological polar surface area (TPSA) is 37.4 Å². The number of hydrogen-bond acceptors (Lipinski definition) is 2. The standard InChI is InChI=1S/C13H13NO2/c1-3-10-4-5-11(8-9(10)2)14-12(15)6-7-13(14)16/h3-5,8H,1,6-7H2,2H3. The number of imide groups is 1. The van der Waals surface area contributed by atoms with Gasteiger partial charge in [-0.3, -0.25) is 14.5 Å². The van der Waals surface area contributed by atoms with Crippen LogP contribution in [0.1, 0.15) is 24.0 Å². The maximum Gasteiger partial charge on any atom is 0.234 e. The first-order valence-electron chi connectivity index (χ1n) is 5.22. The zero-order chi connectivity index (χ0) is 11.7. The fourth-order valence-electron chi connectivity index (χ4n) is 1.89. The molecule has 0 unspecified atom stereocenters. The van der Waals surface area contributed by atoms with Gasteiger partial charge in [0.05, 0.1) is 5.69 Å². The van der Waals surface area contributed by atoms with Crippen molar-refractivity contribution in [1.82, 2.24) is 0 Å². The highest BCUT2D eigenvalue weighted by Gasteiger charge is 2.30. The van der Waals surface area contributed by atoms with Gasteiger partial charge < -0.3 is 0 Å². The first kappa shape index (κ1) is 10.6. The number of amides is 2. The Morgan fingerprint density at radius 3 is 2.38 bits per heavy atom. The van der Waals surface area contributed by atoms with E-state index in [1.54, 1.807) is 12.1 Å². The Hall–Kier alpha value is -1.90. The number of anilines is 1. The molecule has 0 aromatic heterocycles. The Morgan fingerprint density at radius 2 is 1.88 bits per heavy atom. The van der Waals surface area contributed by atoms with Crippen molar-refractivity contribution < 1.29 is 9.59 Å². The maximum absolute atomic E-state index is 11.5. The molecule has 1 heterocycles.